The minimum Gasteiger partial charge on any atom is -0.478 e. The van der Waals surface area contributed by atoms with Gasteiger partial charge in [0.05, 0.1) is 12.7 Å². The van der Waals surface area contributed by atoms with Crippen molar-refractivity contribution < 1.29 is 33.4 Å². The van der Waals surface area contributed by atoms with Gasteiger partial charge in [-0.1, -0.05) is 6.07 Å². The lowest BCUT2D eigenvalue weighted by Gasteiger charge is -2.20. The average Bonchev–Trinajstić information content (AvgIpc) is 2.45. The Kier molecular flexibility index (Phi) is 6.05. The third kappa shape index (κ3) is 5.71. The Morgan fingerprint density at radius 1 is 1.25 bits per heavy atom. The van der Waals surface area contributed by atoms with Gasteiger partial charge in [0.15, 0.2) is 0 Å². The van der Waals surface area contributed by atoms with E-state index in [1.807, 2.05) is 0 Å². The van der Waals surface area contributed by atoms with Crippen LogP contribution in [0, 0.1) is 5.82 Å². The zero-order valence-corrected chi connectivity index (χ0v) is 13.7. The zero-order valence-electron chi connectivity index (χ0n) is 13.7. The molecule has 0 spiro atoms. The van der Waals surface area contributed by atoms with Crippen molar-refractivity contribution in [2.45, 2.75) is 26.4 Å². The molecule has 8 heteroatoms. The molecule has 130 valence electrons. The number of nitrogens with one attached hydrogen (secondary N) is 1. The van der Waals surface area contributed by atoms with Crippen LogP contribution in [0.1, 0.15) is 36.7 Å². The summed E-state index contributed by atoms with van der Waals surface area (Å²) < 4.78 is 23.0. The fourth-order valence-electron chi connectivity index (χ4n) is 1.63. The Morgan fingerprint density at radius 2 is 1.88 bits per heavy atom. The molecule has 1 rings (SSSR count). The number of methoxy groups -OCH3 is 1. The minimum atomic E-state index is -1.46. The molecule has 0 radical (unpaired) electrons. The minimum absolute atomic E-state index is 0.185. The first kappa shape index (κ1) is 19.1. The van der Waals surface area contributed by atoms with Crippen molar-refractivity contribution >= 4 is 24.1 Å². The van der Waals surface area contributed by atoms with Gasteiger partial charge in [0, 0.05) is 0 Å². The molecule has 0 saturated carbocycles. The number of carbonyl (C=O) groups excluding carboxylic acids is 2. The van der Waals surface area contributed by atoms with Crippen molar-refractivity contribution in [1.82, 2.24) is 5.32 Å². The van der Waals surface area contributed by atoms with Crippen molar-refractivity contribution in [3.63, 3.8) is 0 Å². The number of hydrogen-bond donors (Lipinski definition) is 2. The second-order valence-electron chi connectivity index (χ2n) is 5.72. The summed E-state index contributed by atoms with van der Waals surface area (Å²) in [5, 5.41) is 11.1. The summed E-state index contributed by atoms with van der Waals surface area (Å²) in [5.41, 5.74) is -1.44. The Labute approximate surface area is 138 Å². The standard InChI is InChI=1S/C16H18FNO6/c1-16(2,3)24-15(22)18-12(14(21)23-4)8-9-5-6-11(17)10(7-9)13(19)20/h5-8H,1-4H3,(H,18,22)(H,19,20)/b12-8+. The normalized spacial score (nSPS) is 11.6. The summed E-state index contributed by atoms with van der Waals surface area (Å²) in [4.78, 5) is 34.5. The Morgan fingerprint density at radius 3 is 2.38 bits per heavy atom. The molecule has 0 fully saturated rings. The molecule has 0 unspecified atom stereocenters. The largest absolute Gasteiger partial charge is 0.478 e. The number of ether oxygens (including phenoxy) is 2. The molecule has 24 heavy (non-hydrogen) atoms. The molecule has 1 aromatic carbocycles. The highest BCUT2D eigenvalue weighted by atomic mass is 19.1. The van der Waals surface area contributed by atoms with E-state index in [9.17, 15) is 18.8 Å². The van der Waals surface area contributed by atoms with Crippen LogP contribution in [-0.4, -0.2) is 35.8 Å². The van der Waals surface area contributed by atoms with Crippen LogP contribution in [0.2, 0.25) is 0 Å². The Hall–Kier alpha value is -2.90. The van der Waals surface area contributed by atoms with Gasteiger partial charge in [-0.05, 0) is 44.5 Å². The topological polar surface area (TPSA) is 102 Å². The van der Waals surface area contributed by atoms with Gasteiger partial charge in [-0.25, -0.2) is 18.8 Å². The molecule has 1 aromatic rings. The van der Waals surface area contributed by atoms with Gasteiger partial charge in [-0.2, -0.15) is 0 Å². The number of amides is 1. The van der Waals surface area contributed by atoms with Gasteiger partial charge in [0.1, 0.15) is 17.1 Å². The molecular formula is C16H18FNO6. The van der Waals surface area contributed by atoms with Crippen molar-refractivity contribution in [2.24, 2.45) is 0 Å². The number of rotatable bonds is 4. The fourth-order valence-corrected chi connectivity index (χ4v) is 1.63. The zero-order chi connectivity index (χ0) is 18.5. The van der Waals surface area contributed by atoms with Crippen LogP contribution in [0.5, 0.6) is 0 Å². The molecule has 0 heterocycles. The first-order valence-electron chi connectivity index (χ1n) is 6.86. The van der Waals surface area contributed by atoms with Crippen LogP contribution in [0.15, 0.2) is 23.9 Å². The third-order valence-corrected chi connectivity index (χ3v) is 2.57. The molecule has 2 N–H and O–H groups in total. The van der Waals surface area contributed by atoms with E-state index in [1.54, 1.807) is 20.8 Å². The van der Waals surface area contributed by atoms with Crippen molar-refractivity contribution in [2.75, 3.05) is 7.11 Å². The van der Waals surface area contributed by atoms with E-state index in [0.29, 0.717) is 0 Å². The predicted molar refractivity (Wildman–Crippen MR) is 82.7 cm³/mol. The molecule has 0 aliphatic carbocycles. The number of halogens is 1. The Balaban J connectivity index is 3.15. The highest BCUT2D eigenvalue weighted by Crippen LogP contribution is 2.14. The number of aromatic carboxylic acids is 1. The monoisotopic (exact) mass is 339 g/mol. The molecule has 0 aliphatic rings. The number of carbonyl (C=O) groups is 3. The summed E-state index contributed by atoms with van der Waals surface area (Å²) >= 11 is 0. The number of carboxylic acid groups (broad SMARTS) is 1. The average molecular weight is 339 g/mol. The predicted octanol–water partition coefficient (Wildman–Crippen LogP) is 2.56. The lowest BCUT2D eigenvalue weighted by atomic mass is 10.1. The van der Waals surface area contributed by atoms with Gasteiger partial charge in [0.25, 0.3) is 0 Å². The summed E-state index contributed by atoms with van der Waals surface area (Å²) in [6.07, 6.45) is 0.265. The third-order valence-electron chi connectivity index (χ3n) is 2.57. The van der Waals surface area contributed by atoms with E-state index in [1.165, 1.54) is 6.07 Å². The van der Waals surface area contributed by atoms with E-state index >= 15 is 0 Å². The van der Waals surface area contributed by atoms with Gasteiger partial charge in [-0.3, -0.25) is 5.32 Å². The molecule has 0 aliphatic heterocycles. The van der Waals surface area contributed by atoms with Gasteiger partial charge in [0.2, 0.25) is 0 Å². The van der Waals surface area contributed by atoms with Crippen LogP contribution in [-0.2, 0) is 14.3 Å². The molecular weight excluding hydrogens is 321 g/mol. The van der Waals surface area contributed by atoms with Gasteiger partial charge >= 0.3 is 18.0 Å². The van der Waals surface area contributed by atoms with Crippen molar-refractivity contribution in [1.29, 1.82) is 0 Å². The van der Waals surface area contributed by atoms with E-state index in [0.717, 1.165) is 25.3 Å². The van der Waals surface area contributed by atoms with Crippen LogP contribution in [0.4, 0.5) is 9.18 Å². The highest BCUT2D eigenvalue weighted by Gasteiger charge is 2.20. The quantitative estimate of drug-likeness (QED) is 0.646. The second kappa shape index (κ2) is 7.58. The summed E-state index contributed by atoms with van der Waals surface area (Å²) in [5.74, 6) is -3.25. The number of benzene rings is 1. The molecule has 0 aromatic heterocycles. The lowest BCUT2D eigenvalue weighted by molar-refractivity contribution is -0.136. The van der Waals surface area contributed by atoms with Crippen LogP contribution < -0.4 is 5.32 Å². The van der Waals surface area contributed by atoms with Crippen LogP contribution in [0.3, 0.4) is 0 Å². The molecule has 0 saturated heterocycles. The van der Waals surface area contributed by atoms with Crippen LogP contribution in [0.25, 0.3) is 6.08 Å². The number of alkyl carbamates (subject to hydrolysis) is 1. The van der Waals surface area contributed by atoms with Gasteiger partial charge < -0.3 is 14.6 Å². The van der Waals surface area contributed by atoms with Gasteiger partial charge in [-0.15, -0.1) is 0 Å². The first-order chi connectivity index (χ1) is 11.0. The van der Waals surface area contributed by atoms with E-state index in [2.05, 4.69) is 10.1 Å². The second-order valence-corrected chi connectivity index (χ2v) is 5.72. The van der Waals surface area contributed by atoms with Crippen molar-refractivity contribution in [3.8, 4) is 0 Å². The van der Waals surface area contributed by atoms with E-state index < -0.39 is 35.0 Å². The summed E-state index contributed by atoms with van der Waals surface area (Å²) in [7, 11) is 1.11. The van der Waals surface area contributed by atoms with E-state index in [-0.39, 0.29) is 11.3 Å². The molecule has 0 atom stereocenters. The molecule has 0 bridgehead atoms. The number of carboxylic acids is 1. The summed E-state index contributed by atoms with van der Waals surface area (Å²) in [6.45, 7) is 4.94. The molecule has 7 nitrogen and oxygen atoms in total. The van der Waals surface area contributed by atoms with Crippen LogP contribution >= 0.6 is 0 Å². The number of esters is 1. The summed E-state index contributed by atoms with van der Waals surface area (Å²) in [6, 6.07) is 3.22. The smallest absolute Gasteiger partial charge is 0.412 e. The maximum absolute atomic E-state index is 13.4. The maximum atomic E-state index is 13.4. The fraction of sp³-hybridized carbons (Fsp3) is 0.312. The Bertz CT molecular complexity index is 690. The SMILES string of the molecule is COC(=O)/C(=C\c1ccc(F)c(C(=O)O)c1)NC(=O)OC(C)(C)C. The van der Waals surface area contributed by atoms with Crippen molar-refractivity contribution in [3.05, 3.63) is 40.8 Å². The number of hydrogen-bond acceptors (Lipinski definition) is 5. The molecule has 1 amide bonds. The first-order valence-corrected chi connectivity index (χ1v) is 6.86. The lowest BCUT2D eigenvalue weighted by Crippen LogP contribution is -2.34. The van der Waals surface area contributed by atoms with E-state index in [4.69, 9.17) is 9.84 Å². The highest BCUT2D eigenvalue weighted by molar-refractivity contribution is 5.97. The maximum Gasteiger partial charge on any atom is 0.412 e.